The van der Waals surface area contributed by atoms with E-state index in [0.717, 1.165) is 28.6 Å². The highest BCUT2D eigenvalue weighted by molar-refractivity contribution is 7.89. The maximum Gasteiger partial charge on any atom is 0.254 e. The first kappa shape index (κ1) is 18.6. The third-order valence-electron chi connectivity index (χ3n) is 5.01. The van der Waals surface area contributed by atoms with Crippen molar-refractivity contribution < 1.29 is 13.2 Å². The summed E-state index contributed by atoms with van der Waals surface area (Å²) < 4.78 is 27.8. The highest BCUT2D eigenvalue weighted by atomic mass is 32.2. The highest BCUT2D eigenvalue weighted by Crippen LogP contribution is 2.32. The molecule has 0 spiro atoms. The molecule has 1 fully saturated rings. The minimum absolute atomic E-state index is 0.104. The van der Waals surface area contributed by atoms with Crippen LogP contribution in [-0.2, 0) is 10.0 Å². The second-order valence-electron chi connectivity index (χ2n) is 6.96. The number of carbonyl (C=O) groups excluding carboxylic acids is 1. The van der Waals surface area contributed by atoms with Gasteiger partial charge in [-0.15, -0.1) is 10.2 Å². The number of hydrogen-bond donors (Lipinski definition) is 0. The molecule has 9 heteroatoms. The summed E-state index contributed by atoms with van der Waals surface area (Å²) in [7, 11) is -0.668. The lowest BCUT2D eigenvalue weighted by atomic mass is 10.1. The first-order valence-electron chi connectivity index (χ1n) is 9.03. The normalized spacial score (nSPS) is 17.5. The highest BCUT2D eigenvalue weighted by Gasteiger charge is 2.34. The van der Waals surface area contributed by atoms with Gasteiger partial charge in [-0.3, -0.25) is 9.20 Å². The number of sulfonamides is 1. The van der Waals surface area contributed by atoms with Crippen LogP contribution in [0.5, 0.6) is 0 Å². The Bertz CT molecular complexity index is 1140. The van der Waals surface area contributed by atoms with Crippen molar-refractivity contribution in [2.24, 2.45) is 0 Å². The number of pyridine rings is 1. The number of hydrogen-bond acceptors (Lipinski definition) is 5. The lowest BCUT2D eigenvalue weighted by molar-refractivity contribution is 0.0729. The van der Waals surface area contributed by atoms with E-state index in [1.54, 1.807) is 17.0 Å². The van der Waals surface area contributed by atoms with E-state index in [1.165, 1.54) is 26.2 Å². The minimum atomic E-state index is -3.61. The van der Waals surface area contributed by atoms with Crippen molar-refractivity contribution in [2.45, 2.75) is 23.8 Å². The van der Waals surface area contributed by atoms with Crippen molar-refractivity contribution in [1.29, 1.82) is 0 Å². The Hall–Kier alpha value is -2.78. The van der Waals surface area contributed by atoms with E-state index in [2.05, 4.69) is 10.2 Å². The van der Waals surface area contributed by atoms with Crippen LogP contribution in [0.2, 0.25) is 0 Å². The average molecular weight is 399 g/mol. The molecule has 3 heterocycles. The molecule has 1 aromatic carbocycles. The summed E-state index contributed by atoms with van der Waals surface area (Å²) in [5.41, 5.74) is 1.08. The monoisotopic (exact) mass is 399 g/mol. The van der Waals surface area contributed by atoms with Gasteiger partial charge >= 0.3 is 0 Å². The summed E-state index contributed by atoms with van der Waals surface area (Å²) in [6.45, 7) is 0.593. The molecule has 1 unspecified atom stereocenters. The van der Waals surface area contributed by atoms with Crippen LogP contribution < -0.4 is 0 Å². The molecule has 28 heavy (non-hydrogen) atoms. The summed E-state index contributed by atoms with van der Waals surface area (Å²) in [4.78, 5) is 15.1. The topological polar surface area (TPSA) is 87.9 Å². The number of fused-ring (bicyclic) bond motifs is 1. The van der Waals surface area contributed by atoms with Gasteiger partial charge < -0.3 is 4.90 Å². The summed E-state index contributed by atoms with van der Waals surface area (Å²) >= 11 is 0. The predicted molar refractivity (Wildman–Crippen MR) is 103 cm³/mol. The Kier molecular flexibility index (Phi) is 4.64. The standard InChI is InChI=1S/C19H21N5O3S/c1-22(2)28(26,27)15-8-5-7-14(13-15)19(25)23-12-6-9-16(23)18-21-20-17-10-3-4-11-24(17)18/h3-5,7-8,10-11,13,16H,6,9,12H2,1-2H3. The smallest absolute Gasteiger partial charge is 0.254 e. The molecule has 1 saturated heterocycles. The van der Waals surface area contributed by atoms with E-state index in [9.17, 15) is 13.2 Å². The van der Waals surface area contributed by atoms with Crippen LogP contribution >= 0.6 is 0 Å². The number of carbonyl (C=O) groups is 1. The molecule has 2 aromatic heterocycles. The second-order valence-corrected chi connectivity index (χ2v) is 9.11. The molecular weight excluding hydrogens is 378 g/mol. The van der Waals surface area contributed by atoms with E-state index in [4.69, 9.17) is 0 Å². The first-order valence-corrected chi connectivity index (χ1v) is 10.5. The molecule has 4 rings (SSSR count). The zero-order valence-electron chi connectivity index (χ0n) is 15.7. The van der Waals surface area contributed by atoms with Crippen LogP contribution in [0.4, 0.5) is 0 Å². The van der Waals surface area contributed by atoms with Crippen LogP contribution in [0.3, 0.4) is 0 Å². The largest absolute Gasteiger partial charge is 0.328 e. The molecular formula is C19H21N5O3S. The first-order chi connectivity index (χ1) is 13.4. The van der Waals surface area contributed by atoms with Gasteiger partial charge in [-0.1, -0.05) is 12.1 Å². The molecule has 3 aromatic rings. The number of rotatable bonds is 4. The predicted octanol–water partition coefficient (Wildman–Crippen LogP) is 1.96. The molecule has 8 nitrogen and oxygen atoms in total. The zero-order valence-corrected chi connectivity index (χ0v) is 16.5. The molecule has 0 radical (unpaired) electrons. The number of aromatic nitrogens is 3. The zero-order chi connectivity index (χ0) is 19.9. The average Bonchev–Trinajstić information content (AvgIpc) is 3.34. The fourth-order valence-electron chi connectivity index (χ4n) is 3.53. The van der Waals surface area contributed by atoms with E-state index < -0.39 is 10.0 Å². The van der Waals surface area contributed by atoms with Gasteiger partial charge in [0, 0.05) is 32.4 Å². The SMILES string of the molecule is CN(C)S(=O)(=O)c1cccc(C(=O)N2CCCC2c2nnc3ccccn23)c1. The molecule has 0 bridgehead atoms. The second kappa shape index (κ2) is 6.99. The Morgan fingerprint density at radius 1 is 1.14 bits per heavy atom. The fraction of sp³-hybridized carbons (Fsp3) is 0.316. The van der Waals surface area contributed by atoms with E-state index in [1.807, 2.05) is 28.8 Å². The summed E-state index contributed by atoms with van der Waals surface area (Å²) in [5.74, 6) is 0.518. The number of nitrogens with zero attached hydrogens (tertiary/aromatic N) is 5. The summed E-state index contributed by atoms with van der Waals surface area (Å²) in [5, 5.41) is 8.49. The lowest BCUT2D eigenvalue weighted by Crippen LogP contribution is -2.32. The van der Waals surface area contributed by atoms with Crippen molar-refractivity contribution in [3.05, 3.63) is 60.0 Å². The van der Waals surface area contributed by atoms with Crippen molar-refractivity contribution >= 4 is 21.6 Å². The van der Waals surface area contributed by atoms with Gasteiger partial charge in [-0.05, 0) is 43.2 Å². The maximum absolute atomic E-state index is 13.2. The van der Waals surface area contributed by atoms with Gasteiger partial charge in [-0.2, -0.15) is 0 Å². The van der Waals surface area contributed by atoms with Gasteiger partial charge in [0.2, 0.25) is 10.0 Å². The van der Waals surface area contributed by atoms with Crippen molar-refractivity contribution in [3.63, 3.8) is 0 Å². The third-order valence-corrected chi connectivity index (χ3v) is 6.82. The van der Waals surface area contributed by atoms with Crippen LogP contribution in [0.1, 0.15) is 35.1 Å². The summed E-state index contributed by atoms with van der Waals surface area (Å²) in [6.07, 6.45) is 3.53. The quantitative estimate of drug-likeness (QED) is 0.669. The van der Waals surface area contributed by atoms with Gasteiger partial charge in [-0.25, -0.2) is 12.7 Å². The number of benzene rings is 1. The van der Waals surface area contributed by atoms with Crippen LogP contribution in [0.15, 0.2) is 53.6 Å². The number of likely N-dealkylation sites (tertiary alicyclic amines) is 1. The Balaban J connectivity index is 1.68. The molecule has 0 N–H and O–H groups in total. The minimum Gasteiger partial charge on any atom is -0.328 e. The van der Waals surface area contributed by atoms with Crippen molar-refractivity contribution in [1.82, 2.24) is 23.8 Å². The van der Waals surface area contributed by atoms with Gasteiger partial charge in [0.05, 0.1) is 10.9 Å². The van der Waals surface area contributed by atoms with Gasteiger partial charge in [0.15, 0.2) is 11.5 Å². The molecule has 1 amide bonds. The van der Waals surface area contributed by atoms with Crippen LogP contribution in [0, 0.1) is 0 Å². The maximum atomic E-state index is 13.2. The van der Waals surface area contributed by atoms with Gasteiger partial charge in [0.25, 0.3) is 5.91 Å². The third kappa shape index (κ3) is 3.06. The molecule has 1 aliphatic heterocycles. The Morgan fingerprint density at radius 2 is 1.96 bits per heavy atom. The van der Waals surface area contributed by atoms with Gasteiger partial charge in [0.1, 0.15) is 0 Å². The van der Waals surface area contributed by atoms with E-state index >= 15 is 0 Å². The fourth-order valence-corrected chi connectivity index (χ4v) is 4.48. The molecule has 1 aliphatic rings. The molecule has 0 aliphatic carbocycles. The van der Waals surface area contributed by atoms with Crippen molar-refractivity contribution in [3.8, 4) is 0 Å². The molecule has 1 atom stereocenters. The van der Waals surface area contributed by atoms with Crippen molar-refractivity contribution in [2.75, 3.05) is 20.6 Å². The Morgan fingerprint density at radius 3 is 2.75 bits per heavy atom. The Labute approximate surface area is 163 Å². The lowest BCUT2D eigenvalue weighted by Gasteiger charge is -2.24. The summed E-state index contributed by atoms with van der Waals surface area (Å²) in [6, 6.07) is 11.6. The van der Waals surface area contributed by atoms with Crippen LogP contribution in [-0.4, -0.2) is 58.8 Å². The van der Waals surface area contributed by atoms with E-state index in [-0.39, 0.29) is 16.8 Å². The molecule has 0 saturated carbocycles. The number of amides is 1. The molecule has 146 valence electrons. The van der Waals surface area contributed by atoms with Crippen LogP contribution in [0.25, 0.3) is 5.65 Å². The van der Waals surface area contributed by atoms with E-state index in [0.29, 0.717) is 12.1 Å².